The number of nitrogens with zero attached hydrogens (tertiary/aromatic N) is 3. The van der Waals surface area contributed by atoms with E-state index in [-0.39, 0.29) is 41.6 Å². The van der Waals surface area contributed by atoms with Crippen molar-refractivity contribution >= 4 is 28.7 Å². The maximum Gasteiger partial charge on any atom is 0.231 e. The molecule has 7 nitrogen and oxygen atoms in total. The molecule has 2 N–H and O–H groups in total. The molecule has 2 aromatic rings. The van der Waals surface area contributed by atoms with Crippen molar-refractivity contribution in [3.05, 3.63) is 71.0 Å². The van der Waals surface area contributed by atoms with Crippen molar-refractivity contribution in [1.82, 2.24) is 20.5 Å². The summed E-state index contributed by atoms with van der Waals surface area (Å²) in [7, 11) is 0. The first-order chi connectivity index (χ1) is 17.8. The summed E-state index contributed by atoms with van der Waals surface area (Å²) in [5, 5.41) is 8.50. The van der Waals surface area contributed by atoms with Crippen LogP contribution in [0.1, 0.15) is 49.8 Å². The summed E-state index contributed by atoms with van der Waals surface area (Å²) in [6, 6.07) is 14.7. The number of amides is 2. The highest BCUT2D eigenvalue weighted by molar-refractivity contribution is 8.13. The van der Waals surface area contributed by atoms with Gasteiger partial charge in [-0.3, -0.25) is 19.9 Å². The minimum absolute atomic E-state index is 0.0594. The van der Waals surface area contributed by atoms with Crippen LogP contribution >= 0.6 is 11.8 Å². The largest absolute Gasteiger partial charge is 0.354 e. The number of benzene rings is 2. The zero-order chi connectivity index (χ0) is 26.1. The lowest BCUT2D eigenvalue weighted by molar-refractivity contribution is -0.159. The maximum absolute atomic E-state index is 13.8. The van der Waals surface area contributed by atoms with Crippen LogP contribution < -0.4 is 10.7 Å². The molecule has 4 unspecified atom stereocenters. The van der Waals surface area contributed by atoms with Gasteiger partial charge in [-0.05, 0) is 63.3 Å². The molecular formula is C28H34FN5O2S. The molecule has 0 radical (unpaired) electrons. The highest BCUT2D eigenvalue weighted by atomic mass is 32.2. The van der Waals surface area contributed by atoms with Gasteiger partial charge in [-0.1, -0.05) is 53.7 Å². The molecule has 2 aliphatic heterocycles. The van der Waals surface area contributed by atoms with Crippen molar-refractivity contribution in [2.45, 2.75) is 70.7 Å². The van der Waals surface area contributed by atoms with Crippen LogP contribution in [-0.4, -0.2) is 45.2 Å². The van der Waals surface area contributed by atoms with Crippen LogP contribution in [0.15, 0.2) is 53.6 Å². The van der Waals surface area contributed by atoms with E-state index in [9.17, 15) is 14.0 Å². The molecule has 2 heterocycles. The third kappa shape index (κ3) is 5.46. The number of carbonyl (C=O) groups excluding carboxylic acids is 2. The highest BCUT2D eigenvalue weighted by Gasteiger charge is 2.53. The van der Waals surface area contributed by atoms with E-state index in [4.69, 9.17) is 0 Å². The third-order valence-electron chi connectivity index (χ3n) is 7.39. The van der Waals surface area contributed by atoms with Gasteiger partial charge < -0.3 is 10.2 Å². The molecule has 0 bridgehead atoms. The van der Waals surface area contributed by atoms with E-state index in [1.807, 2.05) is 25.7 Å². The number of hydrogen-bond donors (Lipinski definition) is 2. The standard InChI is InChI=1S/C28H34FN5O2S/c1-17(2)30-25(35)21-10-13-23-24(14-21)34-27(33(26(23)36)15-19-6-4-18(3)5-7-19)31-32-28(34)37-16-20-8-11-22(29)12-9-20/h4-9,11-12,17,21,23-24,27,31H,10,13-16H2,1-3H3,(H,30,35). The second kappa shape index (κ2) is 10.7. The van der Waals surface area contributed by atoms with Crippen LogP contribution in [-0.2, 0) is 21.9 Å². The Morgan fingerprint density at radius 3 is 2.54 bits per heavy atom. The van der Waals surface area contributed by atoms with Crippen LogP contribution in [0.5, 0.6) is 0 Å². The van der Waals surface area contributed by atoms with Gasteiger partial charge in [0.25, 0.3) is 0 Å². The van der Waals surface area contributed by atoms with Gasteiger partial charge in [0.05, 0.1) is 5.92 Å². The zero-order valence-corrected chi connectivity index (χ0v) is 22.3. The highest BCUT2D eigenvalue weighted by Crippen LogP contribution is 2.41. The van der Waals surface area contributed by atoms with E-state index < -0.39 is 6.29 Å². The number of nitrogens with one attached hydrogen (secondary N) is 2. The van der Waals surface area contributed by atoms with E-state index in [1.54, 1.807) is 23.9 Å². The number of amidine groups is 1. The Kier molecular flexibility index (Phi) is 7.42. The molecule has 0 aromatic heterocycles. The number of hydrogen-bond acceptors (Lipinski definition) is 6. The molecule has 5 rings (SSSR count). The first kappa shape index (κ1) is 25.6. The van der Waals surface area contributed by atoms with Gasteiger partial charge in [-0.25, -0.2) is 4.39 Å². The van der Waals surface area contributed by atoms with Gasteiger partial charge in [0.2, 0.25) is 11.8 Å². The van der Waals surface area contributed by atoms with Crippen molar-refractivity contribution < 1.29 is 14.0 Å². The Morgan fingerprint density at radius 2 is 1.84 bits per heavy atom. The minimum Gasteiger partial charge on any atom is -0.354 e. The summed E-state index contributed by atoms with van der Waals surface area (Å²) in [5.74, 6) is 0.216. The average Bonchev–Trinajstić information content (AvgIpc) is 3.30. The quantitative estimate of drug-likeness (QED) is 0.594. The number of fused-ring (bicyclic) bond motifs is 3. The maximum atomic E-state index is 13.8. The lowest BCUT2D eigenvalue weighted by Gasteiger charge is -2.51. The van der Waals surface area contributed by atoms with Gasteiger partial charge in [0.15, 0.2) is 11.5 Å². The Bertz CT molecular complexity index is 1170. The SMILES string of the molecule is Cc1ccc(CN2C(=O)C3CCC(C(=O)NC(C)C)CC3N3C(SCc4ccc(F)cc4)=NNC23)cc1. The number of thioether (sulfide) groups is 1. The lowest BCUT2D eigenvalue weighted by Crippen LogP contribution is -2.67. The molecule has 37 heavy (non-hydrogen) atoms. The topological polar surface area (TPSA) is 77.0 Å². The predicted octanol–water partition coefficient (Wildman–Crippen LogP) is 4.18. The molecule has 1 saturated carbocycles. The Labute approximate surface area is 221 Å². The number of halogens is 1. The fourth-order valence-corrected chi connectivity index (χ4v) is 6.48. The van der Waals surface area contributed by atoms with Gasteiger partial charge in [0.1, 0.15) is 5.82 Å². The predicted molar refractivity (Wildman–Crippen MR) is 144 cm³/mol. The summed E-state index contributed by atoms with van der Waals surface area (Å²) in [4.78, 5) is 30.8. The molecular weight excluding hydrogens is 489 g/mol. The minimum atomic E-state index is -0.405. The molecule has 4 atom stereocenters. The molecule has 9 heteroatoms. The summed E-state index contributed by atoms with van der Waals surface area (Å²) in [5.41, 5.74) is 6.45. The van der Waals surface area contributed by atoms with Crippen molar-refractivity contribution in [2.24, 2.45) is 16.9 Å². The summed E-state index contributed by atoms with van der Waals surface area (Å²) < 4.78 is 13.4. The fraction of sp³-hybridized carbons (Fsp3) is 0.464. The number of aryl methyl sites for hydroxylation is 1. The third-order valence-corrected chi connectivity index (χ3v) is 8.42. The molecule has 0 spiro atoms. The second-order valence-corrected chi connectivity index (χ2v) is 11.5. The molecule has 3 aliphatic rings. The van der Waals surface area contributed by atoms with Crippen molar-refractivity contribution in [2.75, 3.05) is 0 Å². The van der Waals surface area contributed by atoms with Crippen molar-refractivity contribution in [1.29, 1.82) is 0 Å². The van der Waals surface area contributed by atoms with E-state index in [1.165, 1.54) is 17.7 Å². The number of rotatable bonds is 6. The molecule has 2 fully saturated rings. The number of hydrazone groups is 1. The molecule has 196 valence electrons. The van der Waals surface area contributed by atoms with Crippen LogP contribution in [0.4, 0.5) is 4.39 Å². The van der Waals surface area contributed by atoms with Crippen LogP contribution in [0, 0.1) is 24.6 Å². The molecule has 2 aromatic carbocycles. The van der Waals surface area contributed by atoms with E-state index >= 15 is 0 Å². The van der Waals surface area contributed by atoms with Gasteiger partial charge in [0, 0.05) is 30.3 Å². The lowest BCUT2D eigenvalue weighted by atomic mass is 9.75. The molecule has 1 saturated heterocycles. The van der Waals surface area contributed by atoms with Gasteiger partial charge in [-0.15, -0.1) is 0 Å². The first-order valence-corrected chi connectivity index (χ1v) is 13.9. The van der Waals surface area contributed by atoms with Crippen LogP contribution in [0.2, 0.25) is 0 Å². The van der Waals surface area contributed by atoms with E-state index in [0.29, 0.717) is 31.6 Å². The summed E-state index contributed by atoms with van der Waals surface area (Å²) in [6.45, 7) is 6.47. The van der Waals surface area contributed by atoms with E-state index in [0.717, 1.165) is 16.3 Å². The number of carbonyl (C=O) groups is 2. The normalized spacial score (nSPS) is 24.9. The van der Waals surface area contributed by atoms with Crippen molar-refractivity contribution in [3.8, 4) is 0 Å². The molecule has 2 amide bonds. The fourth-order valence-electron chi connectivity index (χ4n) is 5.49. The zero-order valence-electron chi connectivity index (χ0n) is 21.5. The Morgan fingerprint density at radius 1 is 1.14 bits per heavy atom. The Balaban J connectivity index is 1.39. The van der Waals surface area contributed by atoms with E-state index in [2.05, 4.69) is 45.0 Å². The summed E-state index contributed by atoms with van der Waals surface area (Å²) in [6.07, 6.45) is 1.58. The monoisotopic (exact) mass is 523 g/mol. The van der Waals surface area contributed by atoms with Crippen molar-refractivity contribution in [3.63, 3.8) is 0 Å². The van der Waals surface area contributed by atoms with Crippen LogP contribution in [0.3, 0.4) is 0 Å². The Hall–Kier alpha value is -3.07. The van der Waals surface area contributed by atoms with Crippen LogP contribution in [0.25, 0.3) is 0 Å². The second-order valence-electron chi connectivity index (χ2n) is 10.5. The summed E-state index contributed by atoms with van der Waals surface area (Å²) >= 11 is 1.57. The smallest absolute Gasteiger partial charge is 0.231 e. The molecule has 1 aliphatic carbocycles. The average molecular weight is 524 g/mol. The first-order valence-electron chi connectivity index (χ1n) is 13.0. The van der Waals surface area contributed by atoms with Gasteiger partial charge >= 0.3 is 0 Å². The van der Waals surface area contributed by atoms with Gasteiger partial charge in [-0.2, -0.15) is 5.10 Å².